The van der Waals surface area contributed by atoms with Gasteiger partial charge in [-0.2, -0.15) is 5.10 Å². The maximum atomic E-state index is 4.70. The van der Waals surface area contributed by atoms with Gasteiger partial charge in [-0.25, -0.2) is 9.67 Å². The second-order valence-corrected chi connectivity index (χ2v) is 6.99. The van der Waals surface area contributed by atoms with Crippen molar-refractivity contribution in [3.63, 3.8) is 0 Å². The Bertz CT molecular complexity index is 909. The molecule has 0 aliphatic rings. The fourth-order valence-corrected chi connectivity index (χ4v) is 3.80. The van der Waals surface area contributed by atoms with E-state index in [9.17, 15) is 0 Å². The van der Waals surface area contributed by atoms with Crippen molar-refractivity contribution in [3.05, 3.63) is 77.6 Å². The van der Waals surface area contributed by atoms with Crippen molar-refractivity contribution < 1.29 is 0 Å². The summed E-state index contributed by atoms with van der Waals surface area (Å²) in [6.45, 7) is 1.69. The number of rotatable bonds is 5. The van der Waals surface area contributed by atoms with Gasteiger partial charge in [-0.15, -0.1) is 11.3 Å². The Kier molecular flexibility index (Phi) is 4.11. The third-order valence-corrected chi connectivity index (χ3v) is 4.87. The summed E-state index contributed by atoms with van der Waals surface area (Å²) in [5, 5.41) is 5.61. The lowest BCUT2D eigenvalue weighted by molar-refractivity contribution is 0.319. The second-order valence-electron chi connectivity index (χ2n) is 5.88. The van der Waals surface area contributed by atoms with Crippen LogP contribution >= 0.6 is 11.3 Å². The molecule has 2 aromatic heterocycles. The summed E-state index contributed by atoms with van der Waals surface area (Å²) in [5.41, 5.74) is 3.36. The molecular formula is C19H18N4S. The van der Waals surface area contributed by atoms with Gasteiger partial charge in [-0.3, -0.25) is 4.90 Å². The molecule has 0 radical (unpaired) electrons. The molecule has 2 aromatic carbocycles. The van der Waals surface area contributed by atoms with Crippen LogP contribution in [0.5, 0.6) is 0 Å². The Labute approximate surface area is 145 Å². The predicted octanol–water partition coefficient (Wildman–Crippen LogP) is 4.11. The maximum Gasteiger partial charge on any atom is 0.108 e. The lowest BCUT2D eigenvalue weighted by Crippen LogP contribution is -2.16. The number of hydrogen-bond acceptors (Lipinski definition) is 4. The fraction of sp³-hybridized carbons (Fsp3) is 0.158. The van der Waals surface area contributed by atoms with Gasteiger partial charge < -0.3 is 0 Å². The molecule has 0 atom stereocenters. The van der Waals surface area contributed by atoms with Gasteiger partial charge in [0.05, 0.1) is 28.6 Å². The van der Waals surface area contributed by atoms with Crippen molar-refractivity contribution in [2.24, 2.45) is 0 Å². The van der Waals surface area contributed by atoms with Gasteiger partial charge in [-0.05, 0) is 31.3 Å². The Balaban J connectivity index is 1.44. The molecule has 0 aliphatic heterocycles. The van der Waals surface area contributed by atoms with E-state index < -0.39 is 0 Å². The number of nitrogens with zero attached hydrogens (tertiary/aromatic N) is 4. The first-order valence-corrected chi connectivity index (χ1v) is 8.71. The third-order valence-electron chi connectivity index (χ3n) is 3.85. The van der Waals surface area contributed by atoms with Crippen LogP contribution in [-0.2, 0) is 13.1 Å². The molecular weight excluding hydrogens is 316 g/mol. The third kappa shape index (κ3) is 3.22. The molecule has 0 amide bonds. The quantitative estimate of drug-likeness (QED) is 0.551. The summed E-state index contributed by atoms with van der Waals surface area (Å²) in [5.74, 6) is 0. The van der Waals surface area contributed by atoms with Gasteiger partial charge in [0.2, 0.25) is 0 Å². The molecule has 0 spiro atoms. The molecule has 4 rings (SSSR count). The molecule has 0 saturated carbocycles. The normalized spacial score (nSPS) is 11.4. The molecule has 4 aromatic rings. The van der Waals surface area contributed by atoms with Crippen molar-refractivity contribution in [2.45, 2.75) is 13.1 Å². The Morgan fingerprint density at radius 2 is 1.79 bits per heavy atom. The summed E-state index contributed by atoms with van der Waals surface area (Å²) in [6, 6.07) is 18.5. The van der Waals surface area contributed by atoms with E-state index in [0.29, 0.717) is 0 Å². The minimum absolute atomic E-state index is 0.843. The van der Waals surface area contributed by atoms with Gasteiger partial charge in [0.25, 0.3) is 0 Å². The highest BCUT2D eigenvalue weighted by atomic mass is 32.1. The summed E-state index contributed by atoms with van der Waals surface area (Å²) >= 11 is 1.76. The fourth-order valence-electron chi connectivity index (χ4n) is 2.75. The molecule has 0 unspecified atom stereocenters. The van der Waals surface area contributed by atoms with Gasteiger partial charge >= 0.3 is 0 Å². The zero-order valence-electron chi connectivity index (χ0n) is 13.5. The topological polar surface area (TPSA) is 34.0 Å². The molecule has 4 nitrogen and oxygen atoms in total. The zero-order valence-corrected chi connectivity index (χ0v) is 14.3. The molecule has 120 valence electrons. The van der Waals surface area contributed by atoms with E-state index in [1.54, 1.807) is 11.3 Å². The molecule has 0 fully saturated rings. The van der Waals surface area contributed by atoms with Crippen LogP contribution in [0.2, 0.25) is 0 Å². The van der Waals surface area contributed by atoms with Crippen LogP contribution in [0.3, 0.4) is 0 Å². The molecule has 0 bridgehead atoms. The minimum Gasteiger partial charge on any atom is -0.295 e. The van der Waals surface area contributed by atoms with Crippen molar-refractivity contribution in [2.75, 3.05) is 7.05 Å². The van der Waals surface area contributed by atoms with Gasteiger partial charge in [0.1, 0.15) is 5.01 Å². The summed E-state index contributed by atoms with van der Waals surface area (Å²) in [6.07, 6.45) is 4.02. The first kappa shape index (κ1) is 15.1. The molecule has 0 aliphatic carbocycles. The number of para-hydroxylation sites is 2. The van der Waals surface area contributed by atoms with E-state index >= 15 is 0 Å². The zero-order chi connectivity index (χ0) is 16.4. The van der Waals surface area contributed by atoms with Crippen LogP contribution < -0.4 is 0 Å². The number of thiazole rings is 1. The van der Waals surface area contributed by atoms with Crippen LogP contribution in [0.4, 0.5) is 0 Å². The van der Waals surface area contributed by atoms with Crippen LogP contribution in [0, 0.1) is 0 Å². The standard InChI is InChI=1S/C19H18N4S/c1-22(14-19-21-17-9-5-6-10-18(17)24-19)12-15-11-20-23(13-15)16-7-3-2-4-8-16/h2-11,13H,12,14H2,1H3. The van der Waals surface area contributed by atoms with Crippen molar-refractivity contribution >= 4 is 21.6 Å². The highest BCUT2D eigenvalue weighted by Gasteiger charge is 2.08. The Hall–Kier alpha value is -2.50. The predicted molar refractivity (Wildman–Crippen MR) is 98.4 cm³/mol. The molecule has 0 saturated heterocycles. The minimum atomic E-state index is 0.843. The number of hydrogen-bond donors (Lipinski definition) is 0. The highest BCUT2D eigenvalue weighted by molar-refractivity contribution is 7.18. The van der Waals surface area contributed by atoms with E-state index in [1.807, 2.05) is 35.1 Å². The van der Waals surface area contributed by atoms with Gasteiger partial charge in [0.15, 0.2) is 0 Å². The SMILES string of the molecule is CN(Cc1cnn(-c2ccccc2)c1)Cc1nc2ccccc2s1. The van der Waals surface area contributed by atoms with Crippen molar-refractivity contribution in [1.82, 2.24) is 19.7 Å². The summed E-state index contributed by atoms with van der Waals surface area (Å²) < 4.78 is 3.17. The first-order valence-electron chi connectivity index (χ1n) is 7.90. The number of fused-ring (bicyclic) bond motifs is 1. The molecule has 0 N–H and O–H groups in total. The van der Waals surface area contributed by atoms with Gasteiger partial charge in [0, 0.05) is 18.3 Å². The summed E-state index contributed by atoms with van der Waals surface area (Å²) in [7, 11) is 2.12. The monoisotopic (exact) mass is 334 g/mol. The van der Waals surface area contributed by atoms with E-state index in [0.717, 1.165) is 29.3 Å². The van der Waals surface area contributed by atoms with E-state index in [4.69, 9.17) is 4.98 Å². The largest absolute Gasteiger partial charge is 0.295 e. The average Bonchev–Trinajstić information content (AvgIpc) is 3.21. The van der Waals surface area contributed by atoms with Crippen LogP contribution in [0.25, 0.3) is 15.9 Å². The Morgan fingerprint density at radius 1 is 1.00 bits per heavy atom. The van der Waals surface area contributed by atoms with E-state index in [2.05, 4.69) is 53.6 Å². The average molecular weight is 334 g/mol. The second kappa shape index (κ2) is 6.55. The number of aromatic nitrogens is 3. The first-order chi connectivity index (χ1) is 11.8. The molecule has 2 heterocycles. The molecule has 24 heavy (non-hydrogen) atoms. The van der Waals surface area contributed by atoms with Crippen molar-refractivity contribution in [3.8, 4) is 5.69 Å². The van der Waals surface area contributed by atoms with Gasteiger partial charge in [-0.1, -0.05) is 30.3 Å². The van der Waals surface area contributed by atoms with E-state index in [-0.39, 0.29) is 0 Å². The van der Waals surface area contributed by atoms with Crippen LogP contribution in [-0.4, -0.2) is 26.7 Å². The number of benzene rings is 2. The lowest BCUT2D eigenvalue weighted by atomic mass is 10.3. The Morgan fingerprint density at radius 3 is 2.62 bits per heavy atom. The maximum absolute atomic E-state index is 4.70. The molecule has 5 heteroatoms. The lowest BCUT2D eigenvalue weighted by Gasteiger charge is -2.13. The van der Waals surface area contributed by atoms with E-state index in [1.165, 1.54) is 10.3 Å². The summed E-state index contributed by atoms with van der Waals surface area (Å²) in [4.78, 5) is 6.97. The van der Waals surface area contributed by atoms with Crippen molar-refractivity contribution in [1.29, 1.82) is 0 Å². The smallest absolute Gasteiger partial charge is 0.108 e. The highest BCUT2D eigenvalue weighted by Crippen LogP contribution is 2.22. The van der Waals surface area contributed by atoms with Crippen LogP contribution in [0.15, 0.2) is 67.0 Å². The van der Waals surface area contributed by atoms with Crippen LogP contribution in [0.1, 0.15) is 10.6 Å².